The molecule has 1 aliphatic rings. The van der Waals surface area contributed by atoms with Crippen LogP contribution in [0.2, 0.25) is 0 Å². The number of rotatable bonds is 6. The molecular formula is C15H32N2. The van der Waals surface area contributed by atoms with E-state index < -0.39 is 0 Å². The van der Waals surface area contributed by atoms with E-state index in [4.69, 9.17) is 0 Å². The molecule has 1 heterocycles. The van der Waals surface area contributed by atoms with Crippen LogP contribution in [0.3, 0.4) is 0 Å². The fourth-order valence-corrected chi connectivity index (χ4v) is 2.68. The first-order valence-corrected chi connectivity index (χ1v) is 7.50. The maximum atomic E-state index is 3.51. The van der Waals surface area contributed by atoms with Crippen LogP contribution in [0.4, 0.5) is 0 Å². The van der Waals surface area contributed by atoms with Crippen molar-refractivity contribution in [3.8, 4) is 0 Å². The van der Waals surface area contributed by atoms with Crippen molar-refractivity contribution in [1.82, 2.24) is 10.2 Å². The zero-order valence-corrected chi connectivity index (χ0v) is 12.4. The first-order chi connectivity index (χ1) is 8.05. The third-order valence-corrected chi connectivity index (χ3v) is 4.16. The van der Waals surface area contributed by atoms with Crippen LogP contribution in [0.5, 0.6) is 0 Å². The van der Waals surface area contributed by atoms with Gasteiger partial charge in [0.1, 0.15) is 0 Å². The zero-order valence-electron chi connectivity index (χ0n) is 12.4. The van der Waals surface area contributed by atoms with Crippen molar-refractivity contribution in [3.05, 3.63) is 0 Å². The molecule has 0 radical (unpaired) electrons. The van der Waals surface area contributed by atoms with Gasteiger partial charge < -0.3 is 10.2 Å². The second kappa shape index (κ2) is 7.38. The summed E-state index contributed by atoms with van der Waals surface area (Å²) in [6.45, 7) is 14.4. The molecule has 0 aromatic rings. The summed E-state index contributed by atoms with van der Waals surface area (Å²) in [4.78, 5) is 2.70. The van der Waals surface area contributed by atoms with Crippen LogP contribution < -0.4 is 5.32 Å². The summed E-state index contributed by atoms with van der Waals surface area (Å²) in [5.74, 6) is 0. The van der Waals surface area contributed by atoms with E-state index in [-0.39, 0.29) is 0 Å². The van der Waals surface area contributed by atoms with Gasteiger partial charge in [-0.3, -0.25) is 0 Å². The predicted molar refractivity (Wildman–Crippen MR) is 76.4 cm³/mol. The van der Waals surface area contributed by atoms with Crippen LogP contribution in [-0.4, -0.2) is 37.1 Å². The summed E-state index contributed by atoms with van der Waals surface area (Å²) in [5, 5.41) is 3.51. The third-order valence-electron chi connectivity index (χ3n) is 4.16. The molecule has 0 bridgehead atoms. The summed E-state index contributed by atoms with van der Waals surface area (Å²) < 4.78 is 0. The molecule has 17 heavy (non-hydrogen) atoms. The van der Waals surface area contributed by atoms with Gasteiger partial charge >= 0.3 is 0 Å². The first-order valence-electron chi connectivity index (χ1n) is 7.50. The zero-order chi connectivity index (χ0) is 12.7. The largest absolute Gasteiger partial charge is 0.317 e. The molecule has 1 fully saturated rings. The van der Waals surface area contributed by atoms with Crippen LogP contribution in [0.1, 0.15) is 59.8 Å². The lowest BCUT2D eigenvalue weighted by Crippen LogP contribution is -2.36. The molecule has 1 atom stereocenters. The Hall–Kier alpha value is -0.0800. The second-order valence-corrected chi connectivity index (χ2v) is 6.44. The number of nitrogens with one attached hydrogen (secondary N) is 1. The standard InChI is InChI=1S/C15H32N2/c1-5-10-16-11-7-14(2)17-12-6-8-15(3,4)9-13-17/h14,16H,5-13H2,1-4H3. The smallest absolute Gasteiger partial charge is 0.00790 e. The molecule has 0 aromatic carbocycles. The van der Waals surface area contributed by atoms with E-state index in [0.29, 0.717) is 5.41 Å². The molecule has 2 nitrogen and oxygen atoms in total. The van der Waals surface area contributed by atoms with Crippen LogP contribution in [0, 0.1) is 5.41 Å². The van der Waals surface area contributed by atoms with E-state index >= 15 is 0 Å². The van der Waals surface area contributed by atoms with Gasteiger partial charge in [-0.1, -0.05) is 20.8 Å². The molecule has 1 aliphatic heterocycles. The second-order valence-electron chi connectivity index (χ2n) is 6.44. The maximum Gasteiger partial charge on any atom is 0.00790 e. The van der Waals surface area contributed by atoms with Gasteiger partial charge in [0, 0.05) is 6.04 Å². The highest BCUT2D eigenvalue weighted by Gasteiger charge is 2.24. The van der Waals surface area contributed by atoms with Crippen molar-refractivity contribution in [2.75, 3.05) is 26.2 Å². The van der Waals surface area contributed by atoms with Crippen molar-refractivity contribution < 1.29 is 0 Å². The van der Waals surface area contributed by atoms with Gasteiger partial charge in [-0.25, -0.2) is 0 Å². The van der Waals surface area contributed by atoms with E-state index in [9.17, 15) is 0 Å². The van der Waals surface area contributed by atoms with Crippen molar-refractivity contribution in [3.63, 3.8) is 0 Å². The Kier molecular flexibility index (Phi) is 6.50. The molecule has 1 saturated heterocycles. The highest BCUT2D eigenvalue weighted by molar-refractivity contribution is 4.79. The lowest BCUT2D eigenvalue weighted by atomic mass is 9.85. The molecular weight excluding hydrogens is 208 g/mol. The summed E-state index contributed by atoms with van der Waals surface area (Å²) in [6.07, 6.45) is 6.66. The number of hydrogen-bond donors (Lipinski definition) is 1. The average Bonchev–Trinajstić information content (AvgIpc) is 2.45. The van der Waals surface area contributed by atoms with E-state index in [2.05, 4.69) is 37.9 Å². The number of nitrogens with zero attached hydrogens (tertiary/aromatic N) is 1. The average molecular weight is 240 g/mol. The summed E-state index contributed by atoms with van der Waals surface area (Å²) in [5.41, 5.74) is 0.564. The summed E-state index contributed by atoms with van der Waals surface area (Å²) in [6, 6.07) is 0.744. The molecule has 0 aliphatic carbocycles. The Balaban J connectivity index is 2.24. The molecule has 2 heteroatoms. The van der Waals surface area contributed by atoms with E-state index in [0.717, 1.165) is 6.04 Å². The monoisotopic (exact) mass is 240 g/mol. The lowest BCUT2D eigenvalue weighted by molar-refractivity contribution is 0.197. The van der Waals surface area contributed by atoms with Crippen molar-refractivity contribution in [2.45, 2.75) is 65.8 Å². The minimum absolute atomic E-state index is 0.564. The SMILES string of the molecule is CCCNCCC(C)N1CCCC(C)(C)CC1. The molecule has 102 valence electrons. The quantitative estimate of drug-likeness (QED) is 0.717. The Morgan fingerprint density at radius 3 is 2.65 bits per heavy atom. The first kappa shape index (κ1) is 15.0. The predicted octanol–water partition coefficient (Wildman–Crippen LogP) is 3.28. The summed E-state index contributed by atoms with van der Waals surface area (Å²) >= 11 is 0. The number of likely N-dealkylation sites (tertiary alicyclic amines) is 1. The van der Waals surface area contributed by atoms with Crippen LogP contribution in [0.25, 0.3) is 0 Å². The fraction of sp³-hybridized carbons (Fsp3) is 1.00. The summed E-state index contributed by atoms with van der Waals surface area (Å²) in [7, 11) is 0. The Labute approximate surface area is 108 Å². The molecule has 0 amide bonds. The highest BCUT2D eigenvalue weighted by atomic mass is 15.2. The lowest BCUT2D eigenvalue weighted by Gasteiger charge is -2.28. The van der Waals surface area contributed by atoms with E-state index in [1.54, 1.807) is 0 Å². The topological polar surface area (TPSA) is 15.3 Å². The van der Waals surface area contributed by atoms with Gasteiger partial charge in [-0.15, -0.1) is 0 Å². The van der Waals surface area contributed by atoms with Gasteiger partial charge in [-0.05, 0) is 70.6 Å². The van der Waals surface area contributed by atoms with Crippen molar-refractivity contribution in [2.24, 2.45) is 5.41 Å². The van der Waals surface area contributed by atoms with Gasteiger partial charge in [0.15, 0.2) is 0 Å². The highest BCUT2D eigenvalue weighted by Crippen LogP contribution is 2.30. The van der Waals surface area contributed by atoms with Gasteiger partial charge in [0.25, 0.3) is 0 Å². The van der Waals surface area contributed by atoms with Crippen LogP contribution in [0.15, 0.2) is 0 Å². The third kappa shape index (κ3) is 5.87. The minimum Gasteiger partial charge on any atom is -0.317 e. The van der Waals surface area contributed by atoms with Gasteiger partial charge in [0.2, 0.25) is 0 Å². The van der Waals surface area contributed by atoms with Crippen LogP contribution >= 0.6 is 0 Å². The van der Waals surface area contributed by atoms with Crippen molar-refractivity contribution >= 4 is 0 Å². The van der Waals surface area contributed by atoms with Gasteiger partial charge in [0.05, 0.1) is 0 Å². The Bertz CT molecular complexity index is 201. The Morgan fingerprint density at radius 2 is 1.94 bits per heavy atom. The molecule has 0 aromatic heterocycles. The fourth-order valence-electron chi connectivity index (χ4n) is 2.68. The molecule has 1 unspecified atom stereocenters. The van der Waals surface area contributed by atoms with E-state index in [1.807, 2.05) is 0 Å². The molecule has 1 N–H and O–H groups in total. The van der Waals surface area contributed by atoms with E-state index in [1.165, 1.54) is 58.3 Å². The molecule has 0 spiro atoms. The van der Waals surface area contributed by atoms with Gasteiger partial charge in [-0.2, -0.15) is 0 Å². The van der Waals surface area contributed by atoms with Crippen molar-refractivity contribution in [1.29, 1.82) is 0 Å². The maximum absolute atomic E-state index is 3.51. The number of hydrogen-bond acceptors (Lipinski definition) is 2. The van der Waals surface area contributed by atoms with Crippen LogP contribution in [-0.2, 0) is 0 Å². The minimum atomic E-state index is 0.564. The molecule has 1 rings (SSSR count). The molecule has 0 saturated carbocycles. The Morgan fingerprint density at radius 1 is 1.18 bits per heavy atom. The normalized spacial score (nSPS) is 23.3.